The minimum absolute atomic E-state index is 0.597. The Bertz CT molecular complexity index is 543. The fourth-order valence-electron chi connectivity index (χ4n) is 3.27. The predicted octanol–water partition coefficient (Wildman–Crippen LogP) is 4.77. The maximum atomic E-state index is 12.6. The van der Waals surface area contributed by atoms with Crippen LogP contribution >= 0.6 is 0 Å². The molecule has 1 saturated heterocycles. The highest BCUT2D eigenvalue weighted by molar-refractivity contribution is 5.57. The van der Waals surface area contributed by atoms with E-state index in [9.17, 15) is 10.4 Å². The highest BCUT2D eigenvalue weighted by Gasteiger charge is 2.52. The molecule has 1 heterocycles. The summed E-state index contributed by atoms with van der Waals surface area (Å²) in [6, 6.07) is 8.16. The van der Waals surface area contributed by atoms with E-state index in [1.165, 1.54) is 5.57 Å². The first-order valence-electron chi connectivity index (χ1n) is 7.34. The van der Waals surface area contributed by atoms with E-state index in [0.29, 0.717) is 12.8 Å². The molecule has 1 aromatic rings. The Morgan fingerprint density at radius 1 is 1.05 bits per heavy atom. The molecule has 0 bridgehead atoms. The molecule has 1 aromatic carbocycles. The molecule has 0 amide bonds. The molecular weight excluding hydrogens is 262 g/mol. The van der Waals surface area contributed by atoms with Gasteiger partial charge in [-0.1, -0.05) is 48.6 Å². The number of benzene rings is 1. The van der Waals surface area contributed by atoms with Crippen molar-refractivity contribution >= 4 is 12.2 Å². The van der Waals surface area contributed by atoms with Crippen molar-refractivity contribution in [2.75, 3.05) is 0 Å². The molecule has 0 radical (unpaired) electrons. The Labute approximate surface area is 127 Å². The maximum Gasteiger partial charge on any atom is 0.127 e. The van der Waals surface area contributed by atoms with Crippen molar-refractivity contribution in [1.82, 2.24) is 0 Å². The largest absolute Gasteiger partial charge is 0.598 e. The zero-order valence-corrected chi connectivity index (χ0v) is 13.4. The summed E-state index contributed by atoms with van der Waals surface area (Å²) in [4.78, 5) is -1.19. The average Bonchev–Trinajstić information content (AvgIpc) is 2.36. The van der Waals surface area contributed by atoms with Crippen molar-refractivity contribution in [3.05, 3.63) is 52.8 Å². The van der Waals surface area contributed by atoms with Crippen LogP contribution in [0.15, 0.2) is 36.4 Å². The lowest BCUT2D eigenvalue weighted by Crippen LogP contribution is -2.68. The van der Waals surface area contributed by atoms with Gasteiger partial charge in [-0.15, -0.1) is 0 Å². The predicted molar refractivity (Wildman–Crippen MR) is 87.3 cm³/mol. The summed E-state index contributed by atoms with van der Waals surface area (Å²) >= 11 is 0. The molecule has 2 rings (SSSR count). The third-order valence-corrected chi connectivity index (χ3v) is 4.50. The zero-order chi connectivity index (χ0) is 15.9. The molecule has 3 heteroatoms. The first-order chi connectivity index (χ1) is 9.59. The van der Waals surface area contributed by atoms with Crippen LogP contribution in [0.25, 0.3) is 12.2 Å². The third kappa shape index (κ3) is 2.82. The minimum atomic E-state index is -1.19. The topological polar surface area (TPSA) is 43.3 Å². The standard InChI is InChI=1S/C18H25NO2/c1-6-14-7-9-15(10-8-14)11-16-12-17(2,3)19(20,21)18(4,5)13-16/h6-11,20H,1,12-13H2,2-5H3. The zero-order valence-electron chi connectivity index (χ0n) is 13.4. The van der Waals surface area contributed by atoms with Crippen LogP contribution in [0.3, 0.4) is 0 Å². The van der Waals surface area contributed by atoms with Gasteiger partial charge in [-0.05, 0) is 38.8 Å². The van der Waals surface area contributed by atoms with Gasteiger partial charge < -0.3 is 5.21 Å². The van der Waals surface area contributed by atoms with Crippen molar-refractivity contribution in [3.8, 4) is 0 Å². The quantitative estimate of drug-likeness (QED) is 0.629. The van der Waals surface area contributed by atoms with Crippen LogP contribution in [0.5, 0.6) is 0 Å². The number of hydroxylamine groups is 4. The fraction of sp³-hybridized carbons (Fsp3) is 0.444. The Hall–Kier alpha value is -1.42. The molecule has 1 aliphatic rings. The van der Waals surface area contributed by atoms with Crippen LogP contribution in [-0.2, 0) is 0 Å². The Morgan fingerprint density at radius 3 is 1.90 bits per heavy atom. The molecule has 3 nitrogen and oxygen atoms in total. The number of hydrogen-bond acceptors (Lipinski definition) is 2. The lowest BCUT2D eigenvalue weighted by Gasteiger charge is -2.59. The van der Waals surface area contributed by atoms with E-state index in [4.69, 9.17) is 0 Å². The van der Waals surface area contributed by atoms with E-state index >= 15 is 0 Å². The molecule has 1 aliphatic heterocycles. The first kappa shape index (κ1) is 16.0. The summed E-state index contributed by atoms with van der Waals surface area (Å²) < 4.78 is 0. The van der Waals surface area contributed by atoms with Gasteiger partial charge in [0.15, 0.2) is 0 Å². The third-order valence-electron chi connectivity index (χ3n) is 4.50. The number of hydrogen-bond donors (Lipinski definition) is 1. The number of nitrogens with zero attached hydrogens (tertiary/aromatic N) is 1. The van der Waals surface area contributed by atoms with E-state index < -0.39 is 15.9 Å². The van der Waals surface area contributed by atoms with Gasteiger partial charge in [-0.3, -0.25) is 0 Å². The Balaban J connectivity index is 2.33. The van der Waals surface area contributed by atoms with Gasteiger partial charge in [-0.25, -0.2) is 10.0 Å². The molecule has 0 atom stereocenters. The van der Waals surface area contributed by atoms with E-state index in [0.717, 1.165) is 11.1 Å². The van der Waals surface area contributed by atoms with Crippen LogP contribution in [0, 0.1) is 5.21 Å². The van der Waals surface area contributed by atoms with Crippen molar-refractivity contribution in [2.45, 2.75) is 51.6 Å². The monoisotopic (exact) mass is 287 g/mol. The first-order valence-corrected chi connectivity index (χ1v) is 7.34. The number of rotatable bonds is 2. The van der Waals surface area contributed by atoms with E-state index in [-0.39, 0.29) is 0 Å². The van der Waals surface area contributed by atoms with Gasteiger partial charge in [0, 0.05) is 12.8 Å². The molecule has 21 heavy (non-hydrogen) atoms. The summed E-state index contributed by atoms with van der Waals surface area (Å²) in [6.45, 7) is 11.1. The summed E-state index contributed by atoms with van der Waals surface area (Å²) in [5, 5.41) is 22.9. The van der Waals surface area contributed by atoms with Gasteiger partial charge >= 0.3 is 0 Å². The van der Waals surface area contributed by atoms with Crippen LogP contribution in [0.2, 0.25) is 0 Å². The second kappa shape index (κ2) is 5.09. The van der Waals surface area contributed by atoms with Crippen molar-refractivity contribution < 1.29 is 10.0 Å². The second-order valence-corrected chi connectivity index (χ2v) is 7.23. The molecule has 0 spiro atoms. The lowest BCUT2D eigenvalue weighted by atomic mass is 9.77. The van der Waals surface area contributed by atoms with Crippen LogP contribution in [0.1, 0.15) is 51.7 Å². The molecule has 0 saturated carbocycles. The highest BCUT2D eigenvalue weighted by Crippen LogP contribution is 2.45. The van der Waals surface area contributed by atoms with Crippen LogP contribution in [0.4, 0.5) is 0 Å². The van der Waals surface area contributed by atoms with E-state index in [1.807, 2.05) is 45.9 Å². The summed E-state index contributed by atoms with van der Waals surface area (Å²) in [7, 11) is 0. The van der Waals surface area contributed by atoms with Crippen molar-refractivity contribution in [3.63, 3.8) is 0 Å². The van der Waals surface area contributed by atoms with Gasteiger partial charge in [-0.2, -0.15) is 0 Å². The summed E-state index contributed by atoms with van der Waals surface area (Å²) in [6.07, 6.45) is 5.15. The lowest BCUT2D eigenvalue weighted by molar-refractivity contribution is -1.14. The van der Waals surface area contributed by atoms with E-state index in [2.05, 4.69) is 24.8 Å². The number of quaternary nitrogens is 1. The van der Waals surface area contributed by atoms with Gasteiger partial charge in [0.05, 0.1) is 0 Å². The van der Waals surface area contributed by atoms with Gasteiger partial charge in [0.2, 0.25) is 0 Å². The number of piperidine rings is 1. The SMILES string of the molecule is C=Cc1ccc(C=C2CC(C)(C)[N+]([O-])(O)C(C)(C)C2)cc1. The Kier molecular flexibility index (Phi) is 3.87. The molecule has 114 valence electrons. The minimum Gasteiger partial charge on any atom is -0.598 e. The molecule has 0 aromatic heterocycles. The highest BCUT2D eigenvalue weighted by atomic mass is 16.8. The van der Waals surface area contributed by atoms with Crippen LogP contribution < -0.4 is 0 Å². The second-order valence-electron chi connectivity index (χ2n) is 7.23. The normalized spacial score (nSPS) is 27.2. The van der Waals surface area contributed by atoms with Crippen LogP contribution in [-0.4, -0.2) is 21.1 Å². The average molecular weight is 287 g/mol. The van der Waals surface area contributed by atoms with Gasteiger partial charge in [0.25, 0.3) is 0 Å². The smallest absolute Gasteiger partial charge is 0.127 e. The molecule has 0 aliphatic carbocycles. The summed E-state index contributed by atoms with van der Waals surface area (Å²) in [5.41, 5.74) is 1.93. The summed E-state index contributed by atoms with van der Waals surface area (Å²) in [5.74, 6) is 0. The molecular formula is C18H25NO2. The molecule has 1 N–H and O–H groups in total. The van der Waals surface area contributed by atoms with Crippen molar-refractivity contribution in [1.29, 1.82) is 0 Å². The maximum absolute atomic E-state index is 12.6. The van der Waals surface area contributed by atoms with E-state index in [1.54, 1.807) is 0 Å². The van der Waals surface area contributed by atoms with Crippen molar-refractivity contribution in [2.24, 2.45) is 0 Å². The van der Waals surface area contributed by atoms with Gasteiger partial charge in [0.1, 0.15) is 11.1 Å². The molecule has 0 unspecified atom stereocenters. The molecule has 1 fully saturated rings. The fourth-order valence-corrected chi connectivity index (χ4v) is 3.27. The Morgan fingerprint density at radius 2 is 1.48 bits per heavy atom.